The van der Waals surface area contributed by atoms with Crippen LogP contribution in [-0.2, 0) is 10.0 Å². The average molecular weight is 276 g/mol. The predicted molar refractivity (Wildman–Crippen MR) is 60.2 cm³/mol. The van der Waals surface area contributed by atoms with Gasteiger partial charge >= 0.3 is 0 Å². The standard InChI is InChI=1S/C9H10F2N4O2S/c10-7-2-3-9(8(11)6-7)18(16,17)14-5-1-4-13-15-12/h2-3,6,14H,1,4-5H2. The summed E-state index contributed by atoms with van der Waals surface area (Å²) in [6.07, 6.45) is 0.284. The molecule has 0 aliphatic carbocycles. The number of hydrogen-bond donors (Lipinski definition) is 1. The molecule has 0 bridgehead atoms. The Labute approximate surface area is 102 Å². The molecule has 98 valence electrons. The number of azide groups is 1. The van der Waals surface area contributed by atoms with Crippen molar-refractivity contribution in [2.24, 2.45) is 5.11 Å². The second-order valence-corrected chi connectivity index (χ2v) is 5.02. The van der Waals surface area contributed by atoms with E-state index in [4.69, 9.17) is 5.53 Å². The maximum Gasteiger partial charge on any atom is 0.243 e. The Hall–Kier alpha value is -1.70. The van der Waals surface area contributed by atoms with Gasteiger partial charge in [0.15, 0.2) is 0 Å². The minimum Gasteiger partial charge on any atom is -0.211 e. The first-order chi connectivity index (χ1) is 8.47. The highest BCUT2D eigenvalue weighted by atomic mass is 32.2. The van der Waals surface area contributed by atoms with Crippen LogP contribution in [0.1, 0.15) is 6.42 Å². The quantitative estimate of drug-likeness (QED) is 0.372. The number of sulfonamides is 1. The molecule has 6 nitrogen and oxygen atoms in total. The van der Waals surface area contributed by atoms with Gasteiger partial charge in [-0.3, -0.25) is 0 Å². The zero-order valence-corrected chi connectivity index (χ0v) is 9.99. The Kier molecular flexibility index (Phi) is 5.02. The first kappa shape index (κ1) is 14.4. The van der Waals surface area contributed by atoms with Gasteiger partial charge in [-0.2, -0.15) is 0 Å². The monoisotopic (exact) mass is 276 g/mol. The minimum absolute atomic E-state index is 0.00182. The summed E-state index contributed by atoms with van der Waals surface area (Å²) in [4.78, 5) is 1.88. The maximum absolute atomic E-state index is 13.3. The molecule has 0 atom stereocenters. The molecule has 1 aromatic carbocycles. The van der Waals surface area contributed by atoms with Crippen molar-refractivity contribution in [2.45, 2.75) is 11.3 Å². The molecule has 0 aliphatic rings. The van der Waals surface area contributed by atoms with Crippen molar-refractivity contribution in [1.82, 2.24) is 4.72 Å². The van der Waals surface area contributed by atoms with Gasteiger partial charge in [0.05, 0.1) is 0 Å². The van der Waals surface area contributed by atoms with Crippen LogP contribution in [0.25, 0.3) is 10.4 Å². The fraction of sp³-hybridized carbons (Fsp3) is 0.333. The van der Waals surface area contributed by atoms with E-state index in [1.165, 1.54) is 0 Å². The van der Waals surface area contributed by atoms with Gasteiger partial charge in [-0.25, -0.2) is 21.9 Å². The Balaban J connectivity index is 2.71. The third-order valence-electron chi connectivity index (χ3n) is 1.97. The largest absolute Gasteiger partial charge is 0.243 e. The van der Waals surface area contributed by atoms with Crippen molar-refractivity contribution in [3.63, 3.8) is 0 Å². The van der Waals surface area contributed by atoms with Crippen molar-refractivity contribution in [3.05, 3.63) is 40.3 Å². The summed E-state index contributed by atoms with van der Waals surface area (Å²) in [5.74, 6) is -2.01. The van der Waals surface area contributed by atoms with Gasteiger partial charge in [-0.05, 0) is 24.1 Å². The van der Waals surface area contributed by atoms with Crippen LogP contribution in [0.2, 0.25) is 0 Å². The van der Waals surface area contributed by atoms with E-state index in [1.807, 2.05) is 0 Å². The van der Waals surface area contributed by atoms with Crippen molar-refractivity contribution < 1.29 is 17.2 Å². The summed E-state index contributed by atoms with van der Waals surface area (Å²) in [6, 6.07) is 2.20. The molecule has 0 spiro atoms. The second-order valence-electron chi connectivity index (χ2n) is 3.28. The highest BCUT2D eigenvalue weighted by Gasteiger charge is 2.18. The Bertz CT molecular complexity index is 570. The van der Waals surface area contributed by atoms with Crippen molar-refractivity contribution in [1.29, 1.82) is 0 Å². The van der Waals surface area contributed by atoms with Crippen molar-refractivity contribution >= 4 is 10.0 Å². The molecule has 0 aromatic heterocycles. The van der Waals surface area contributed by atoms with E-state index in [-0.39, 0.29) is 19.5 Å². The van der Waals surface area contributed by atoms with Crippen LogP contribution < -0.4 is 4.72 Å². The van der Waals surface area contributed by atoms with E-state index >= 15 is 0 Å². The van der Waals surface area contributed by atoms with Crippen LogP contribution in [0.5, 0.6) is 0 Å². The lowest BCUT2D eigenvalue weighted by atomic mass is 10.3. The predicted octanol–water partition coefficient (Wildman–Crippen LogP) is 1.94. The lowest BCUT2D eigenvalue weighted by Gasteiger charge is -2.06. The molecule has 0 saturated carbocycles. The maximum atomic E-state index is 13.3. The van der Waals surface area contributed by atoms with Gasteiger partial charge in [0.1, 0.15) is 16.5 Å². The molecule has 0 heterocycles. The molecule has 1 rings (SSSR count). The second kappa shape index (κ2) is 6.29. The first-order valence-corrected chi connectivity index (χ1v) is 6.41. The van der Waals surface area contributed by atoms with Crippen LogP contribution in [0.4, 0.5) is 8.78 Å². The number of nitrogens with zero attached hydrogens (tertiary/aromatic N) is 3. The topological polar surface area (TPSA) is 94.9 Å². The zero-order valence-electron chi connectivity index (χ0n) is 9.18. The molecular weight excluding hydrogens is 266 g/mol. The van der Waals surface area contributed by atoms with E-state index in [9.17, 15) is 17.2 Å². The van der Waals surface area contributed by atoms with E-state index in [0.29, 0.717) is 6.07 Å². The van der Waals surface area contributed by atoms with E-state index < -0.39 is 26.6 Å². The molecular formula is C9H10F2N4O2S. The Morgan fingerprint density at radius 3 is 2.72 bits per heavy atom. The van der Waals surface area contributed by atoms with Gasteiger partial charge in [0.2, 0.25) is 10.0 Å². The fourth-order valence-corrected chi connectivity index (χ4v) is 2.30. The molecule has 1 aromatic rings. The van der Waals surface area contributed by atoms with Gasteiger partial charge < -0.3 is 0 Å². The molecule has 18 heavy (non-hydrogen) atoms. The van der Waals surface area contributed by atoms with Gasteiger partial charge in [0.25, 0.3) is 0 Å². The third kappa shape index (κ3) is 3.95. The molecule has 1 N–H and O–H groups in total. The van der Waals surface area contributed by atoms with E-state index in [2.05, 4.69) is 14.7 Å². The van der Waals surface area contributed by atoms with Crippen LogP contribution in [0, 0.1) is 11.6 Å². The number of rotatable bonds is 6. The minimum atomic E-state index is -4.02. The number of halogens is 2. The highest BCUT2D eigenvalue weighted by molar-refractivity contribution is 7.89. The van der Waals surface area contributed by atoms with Gasteiger partial charge in [0, 0.05) is 24.1 Å². The molecule has 0 saturated heterocycles. The van der Waals surface area contributed by atoms with Crippen LogP contribution >= 0.6 is 0 Å². The molecule has 0 fully saturated rings. The Morgan fingerprint density at radius 1 is 1.39 bits per heavy atom. The SMILES string of the molecule is [N-]=[N+]=NCCCNS(=O)(=O)c1ccc(F)cc1F. The van der Waals surface area contributed by atoms with Gasteiger partial charge in [-0.15, -0.1) is 0 Å². The van der Waals surface area contributed by atoms with Crippen LogP contribution in [-0.4, -0.2) is 21.5 Å². The van der Waals surface area contributed by atoms with Crippen LogP contribution in [0.3, 0.4) is 0 Å². The van der Waals surface area contributed by atoms with E-state index in [0.717, 1.165) is 12.1 Å². The number of nitrogens with one attached hydrogen (secondary N) is 1. The molecule has 9 heteroatoms. The number of hydrogen-bond acceptors (Lipinski definition) is 3. The van der Waals surface area contributed by atoms with Gasteiger partial charge in [-0.1, -0.05) is 5.11 Å². The van der Waals surface area contributed by atoms with Crippen molar-refractivity contribution in [3.8, 4) is 0 Å². The lowest BCUT2D eigenvalue weighted by Crippen LogP contribution is -2.26. The highest BCUT2D eigenvalue weighted by Crippen LogP contribution is 2.14. The summed E-state index contributed by atoms with van der Waals surface area (Å²) >= 11 is 0. The summed E-state index contributed by atoms with van der Waals surface area (Å²) < 4.78 is 51.2. The summed E-state index contributed by atoms with van der Waals surface area (Å²) in [5, 5.41) is 3.22. The summed E-state index contributed by atoms with van der Waals surface area (Å²) in [5.41, 5.74) is 8.00. The smallest absolute Gasteiger partial charge is 0.211 e. The Morgan fingerprint density at radius 2 is 2.11 bits per heavy atom. The van der Waals surface area contributed by atoms with E-state index in [1.54, 1.807) is 0 Å². The normalized spacial score (nSPS) is 11.0. The third-order valence-corrected chi connectivity index (χ3v) is 3.47. The first-order valence-electron chi connectivity index (χ1n) is 4.93. The molecule has 0 unspecified atom stereocenters. The molecule has 0 radical (unpaired) electrons. The molecule has 0 amide bonds. The average Bonchev–Trinajstić information content (AvgIpc) is 2.28. The zero-order chi connectivity index (χ0) is 13.6. The lowest BCUT2D eigenvalue weighted by molar-refractivity contribution is 0.542. The summed E-state index contributed by atoms with van der Waals surface area (Å²) in [6.45, 7) is 0.128. The fourth-order valence-electron chi connectivity index (χ4n) is 1.17. The number of benzene rings is 1. The van der Waals surface area contributed by atoms with Crippen molar-refractivity contribution in [2.75, 3.05) is 13.1 Å². The molecule has 0 aliphatic heterocycles. The summed E-state index contributed by atoms with van der Waals surface area (Å²) in [7, 11) is -4.02. The van der Waals surface area contributed by atoms with Crippen LogP contribution in [0.15, 0.2) is 28.2 Å².